The van der Waals surface area contributed by atoms with Crippen LogP contribution in [0.1, 0.15) is 50.1 Å². The summed E-state index contributed by atoms with van der Waals surface area (Å²) < 4.78 is 12.9. The van der Waals surface area contributed by atoms with Gasteiger partial charge in [0.25, 0.3) is 5.89 Å². The molecular formula is C21H25N7O3. The maximum absolute atomic E-state index is 10.8. The van der Waals surface area contributed by atoms with Crippen molar-refractivity contribution < 1.29 is 13.9 Å². The summed E-state index contributed by atoms with van der Waals surface area (Å²) in [6, 6.07) is 5.62. The summed E-state index contributed by atoms with van der Waals surface area (Å²) in [6.45, 7) is 3.98. The average Bonchev–Trinajstić information content (AvgIpc) is 3.49. The van der Waals surface area contributed by atoms with E-state index in [-0.39, 0.29) is 17.9 Å². The first-order valence-corrected chi connectivity index (χ1v) is 10.5. The maximum atomic E-state index is 10.8. The van der Waals surface area contributed by atoms with Gasteiger partial charge < -0.3 is 18.5 Å². The van der Waals surface area contributed by atoms with Gasteiger partial charge in [0, 0.05) is 13.0 Å². The SMILES string of the molecule is CCCN(C/C(O)=C(\C#N)c1nnc2n1CCCCC2)Cc1nnc(-c2ccco2)o1. The van der Waals surface area contributed by atoms with Gasteiger partial charge in [-0.3, -0.25) is 4.90 Å². The molecular weight excluding hydrogens is 398 g/mol. The van der Waals surface area contributed by atoms with Crippen LogP contribution in [0.3, 0.4) is 0 Å². The number of furan rings is 1. The van der Waals surface area contributed by atoms with Crippen molar-refractivity contribution in [3.63, 3.8) is 0 Å². The van der Waals surface area contributed by atoms with E-state index in [1.807, 2.05) is 16.4 Å². The van der Waals surface area contributed by atoms with Crippen LogP contribution >= 0.6 is 0 Å². The van der Waals surface area contributed by atoms with Crippen LogP contribution in [0.25, 0.3) is 17.2 Å². The molecule has 0 unspecified atom stereocenters. The monoisotopic (exact) mass is 423 g/mol. The molecule has 31 heavy (non-hydrogen) atoms. The van der Waals surface area contributed by atoms with Gasteiger partial charge in [0.2, 0.25) is 5.89 Å². The second-order valence-corrected chi connectivity index (χ2v) is 7.52. The molecule has 3 aromatic rings. The number of aryl methyl sites for hydroxylation is 1. The summed E-state index contributed by atoms with van der Waals surface area (Å²) in [5.41, 5.74) is 0.156. The predicted octanol–water partition coefficient (Wildman–Crippen LogP) is 3.35. The highest BCUT2D eigenvalue weighted by atomic mass is 16.4. The molecule has 0 amide bonds. The van der Waals surface area contributed by atoms with Crippen LogP contribution in [-0.4, -0.2) is 48.1 Å². The zero-order valence-corrected chi connectivity index (χ0v) is 17.5. The summed E-state index contributed by atoms with van der Waals surface area (Å²) in [5, 5.41) is 37.1. The fraction of sp³-hybridized carbons (Fsp3) is 0.476. The third-order valence-corrected chi connectivity index (χ3v) is 5.20. The number of allylic oxidation sites excluding steroid dienone is 1. The Kier molecular flexibility index (Phi) is 6.43. The van der Waals surface area contributed by atoms with Crippen molar-refractivity contribution in [2.75, 3.05) is 13.1 Å². The Balaban J connectivity index is 1.53. The van der Waals surface area contributed by atoms with Crippen molar-refractivity contribution in [1.29, 1.82) is 5.26 Å². The molecule has 1 aliphatic rings. The third-order valence-electron chi connectivity index (χ3n) is 5.20. The maximum Gasteiger partial charge on any atom is 0.283 e. The van der Waals surface area contributed by atoms with Crippen LogP contribution in [-0.2, 0) is 19.5 Å². The van der Waals surface area contributed by atoms with Gasteiger partial charge in [0.05, 0.1) is 19.4 Å². The number of aliphatic hydroxyl groups excluding tert-OH is 1. The molecule has 0 bridgehead atoms. The second-order valence-electron chi connectivity index (χ2n) is 7.52. The molecule has 0 radical (unpaired) electrons. The number of aromatic nitrogens is 5. The van der Waals surface area contributed by atoms with Gasteiger partial charge in [-0.25, -0.2) is 0 Å². The van der Waals surface area contributed by atoms with Gasteiger partial charge >= 0.3 is 0 Å². The minimum absolute atomic E-state index is 0.0406. The van der Waals surface area contributed by atoms with Crippen molar-refractivity contribution in [2.45, 2.75) is 52.1 Å². The molecule has 1 N–H and O–H groups in total. The zero-order valence-electron chi connectivity index (χ0n) is 17.5. The first kappa shape index (κ1) is 20.8. The van der Waals surface area contributed by atoms with E-state index in [1.165, 1.54) is 0 Å². The van der Waals surface area contributed by atoms with Crippen molar-refractivity contribution in [1.82, 2.24) is 29.9 Å². The number of hydrogen-bond acceptors (Lipinski definition) is 9. The first-order valence-electron chi connectivity index (χ1n) is 10.5. The molecule has 4 heterocycles. The molecule has 0 fully saturated rings. The lowest BCUT2D eigenvalue weighted by Gasteiger charge is -2.19. The van der Waals surface area contributed by atoms with Gasteiger partial charge in [-0.15, -0.1) is 20.4 Å². The highest BCUT2D eigenvalue weighted by Gasteiger charge is 2.22. The van der Waals surface area contributed by atoms with Crippen molar-refractivity contribution in [2.24, 2.45) is 0 Å². The molecule has 0 saturated heterocycles. The molecule has 10 heteroatoms. The van der Waals surface area contributed by atoms with Gasteiger partial charge in [0.1, 0.15) is 23.2 Å². The Morgan fingerprint density at radius 1 is 1.26 bits per heavy atom. The lowest BCUT2D eigenvalue weighted by molar-refractivity contribution is 0.224. The summed E-state index contributed by atoms with van der Waals surface area (Å²) in [4.78, 5) is 1.95. The quantitative estimate of drug-likeness (QED) is 0.428. The number of fused-ring (bicyclic) bond motifs is 1. The molecule has 0 saturated carbocycles. The van der Waals surface area contributed by atoms with Crippen LogP contribution < -0.4 is 0 Å². The van der Waals surface area contributed by atoms with Crippen molar-refractivity contribution in [3.05, 3.63) is 41.7 Å². The molecule has 162 valence electrons. The Bertz CT molecular complexity index is 1080. The van der Waals surface area contributed by atoms with Gasteiger partial charge in [-0.1, -0.05) is 13.3 Å². The molecule has 0 spiro atoms. The van der Waals surface area contributed by atoms with E-state index in [1.54, 1.807) is 18.4 Å². The summed E-state index contributed by atoms with van der Waals surface area (Å²) >= 11 is 0. The van der Waals surface area contributed by atoms with Crippen LogP contribution in [0.4, 0.5) is 0 Å². The number of nitrogens with zero attached hydrogens (tertiary/aromatic N) is 7. The number of nitriles is 1. The number of rotatable bonds is 8. The molecule has 10 nitrogen and oxygen atoms in total. The van der Waals surface area contributed by atoms with Crippen LogP contribution in [0.15, 0.2) is 33.0 Å². The van der Waals surface area contributed by atoms with Gasteiger partial charge in [0.15, 0.2) is 11.6 Å². The largest absolute Gasteiger partial charge is 0.509 e. The van der Waals surface area contributed by atoms with E-state index in [0.717, 1.165) is 44.5 Å². The van der Waals surface area contributed by atoms with Crippen molar-refractivity contribution >= 4 is 5.57 Å². The molecule has 4 rings (SSSR count). The first-order chi connectivity index (χ1) is 15.2. The van der Waals surface area contributed by atoms with E-state index in [9.17, 15) is 10.4 Å². The lowest BCUT2D eigenvalue weighted by Crippen LogP contribution is -2.27. The standard InChI is InChI=1S/C21H25N7O3/c1-2-9-27(14-19-24-26-21(31-19)17-7-6-11-30-17)13-16(29)15(12-22)20-25-23-18-8-4-3-5-10-28(18)20/h6-7,11,29H,2-5,8-10,13-14H2,1H3/b16-15-. The molecule has 3 aromatic heterocycles. The van der Waals surface area contributed by atoms with Crippen molar-refractivity contribution in [3.8, 4) is 17.7 Å². The highest BCUT2D eigenvalue weighted by Crippen LogP contribution is 2.22. The van der Waals surface area contributed by atoms with E-state index in [4.69, 9.17) is 8.83 Å². The average molecular weight is 423 g/mol. The fourth-order valence-corrected chi connectivity index (χ4v) is 3.74. The Labute approximate surface area is 179 Å². The van der Waals surface area contributed by atoms with E-state index >= 15 is 0 Å². The topological polar surface area (TPSA) is 130 Å². The Hall–Kier alpha value is -3.45. The summed E-state index contributed by atoms with van der Waals surface area (Å²) in [7, 11) is 0. The molecule has 0 aromatic carbocycles. The third kappa shape index (κ3) is 4.67. The normalized spacial score (nSPS) is 14.7. The fourth-order valence-electron chi connectivity index (χ4n) is 3.74. The minimum atomic E-state index is -0.0406. The summed E-state index contributed by atoms with van der Waals surface area (Å²) in [6.07, 6.45) is 6.42. The molecule has 1 aliphatic heterocycles. The minimum Gasteiger partial charge on any atom is -0.509 e. The molecule has 0 aliphatic carbocycles. The van der Waals surface area contributed by atoms with Crippen LogP contribution in [0, 0.1) is 11.3 Å². The van der Waals surface area contributed by atoms with E-state index < -0.39 is 0 Å². The van der Waals surface area contributed by atoms with Crippen LogP contribution in [0.5, 0.6) is 0 Å². The smallest absolute Gasteiger partial charge is 0.283 e. The number of aliphatic hydroxyl groups is 1. The van der Waals surface area contributed by atoms with Gasteiger partial charge in [-0.05, 0) is 37.9 Å². The second kappa shape index (κ2) is 9.57. The van der Waals surface area contributed by atoms with E-state index in [0.29, 0.717) is 36.5 Å². The van der Waals surface area contributed by atoms with Gasteiger partial charge in [-0.2, -0.15) is 5.26 Å². The Morgan fingerprint density at radius 3 is 2.94 bits per heavy atom. The Morgan fingerprint density at radius 2 is 2.16 bits per heavy atom. The molecule has 0 atom stereocenters. The highest BCUT2D eigenvalue weighted by molar-refractivity contribution is 5.74. The van der Waals surface area contributed by atoms with E-state index in [2.05, 4.69) is 26.5 Å². The van der Waals surface area contributed by atoms with Crippen LogP contribution in [0.2, 0.25) is 0 Å². The predicted molar refractivity (Wildman–Crippen MR) is 110 cm³/mol. The number of hydrogen-bond donors (Lipinski definition) is 1. The zero-order chi connectivity index (χ0) is 21.6. The summed E-state index contributed by atoms with van der Waals surface area (Å²) in [5.74, 6) is 2.48. The lowest BCUT2D eigenvalue weighted by atomic mass is 10.2.